The van der Waals surface area contributed by atoms with E-state index in [1.54, 1.807) is 29.5 Å². The molecule has 0 bridgehead atoms. The minimum Gasteiger partial charge on any atom is -0.457 e. The average Bonchev–Trinajstić information content (AvgIpc) is 3.57. The van der Waals surface area contributed by atoms with Crippen molar-refractivity contribution < 1.29 is 17.6 Å². The average molecular weight is 468 g/mol. The number of aromatic nitrogens is 1. The molecule has 164 valence electrons. The van der Waals surface area contributed by atoms with Crippen molar-refractivity contribution in [1.29, 1.82) is 0 Å². The largest absolute Gasteiger partial charge is 0.457 e. The third-order valence-corrected chi connectivity index (χ3v) is 8.33. The highest BCUT2D eigenvalue weighted by Crippen LogP contribution is 2.31. The molecule has 2 aromatic carbocycles. The van der Waals surface area contributed by atoms with Crippen molar-refractivity contribution in [2.45, 2.75) is 24.3 Å². The van der Waals surface area contributed by atoms with Gasteiger partial charge in [-0.25, -0.2) is 13.4 Å². The second kappa shape index (κ2) is 8.50. The van der Waals surface area contributed by atoms with Gasteiger partial charge in [0.15, 0.2) is 10.8 Å². The zero-order valence-corrected chi connectivity index (χ0v) is 18.8. The van der Waals surface area contributed by atoms with Crippen molar-refractivity contribution in [3.05, 3.63) is 72.0 Å². The van der Waals surface area contributed by atoms with Crippen LogP contribution in [0.5, 0.6) is 0 Å². The normalized spacial score (nSPS) is 14.8. The summed E-state index contributed by atoms with van der Waals surface area (Å²) in [5, 5.41) is 3.58. The van der Waals surface area contributed by atoms with Gasteiger partial charge in [-0.15, -0.1) is 11.3 Å². The minimum atomic E-state index is -3.57. The lowest BCUT2D eigenvalue weighted by atomic mass is 10.2. The maximum atomic E-state index is 12.8. The number of rotatable bonds is 6. The second-order valence-electron chi connectivity index (χ2n) is 7.57. The number of thiazole rings is 1. The third kappa shape index (κ3) is 4.06. The van der Waals surface area contributed by atoms with Gasteiger partial charge in [-0.2, -0.15) is 4.31 Å². The molecule has 32 heavy (non-hydrogen) atoms. The number of sulfonamides is 1. The fourth-order valence-electron chi connectivity index (χ4n) is 3.71. The number of para-hydroxylation sites is 1. The van der Waals surface area contributed by atoms with E-state index in [0.717, 1.165) is 28.1 Å². The third-order valence-electron chi connectivity index (χ3n) is 5.39. The summed E-state index contributed by atoms with van der Waals surface area (Å²) >= 11 is 1.55. The minimum absolute atomic E-state index is 0.142. The highest BCUT2D eigenvalue weighted by molar-refractivity contribution is 7.89. The number of benzene rings is 2. The van der Waals surface area contributed by atoms with E-state index < -0.39 is 10.0 Å². The lowest BCUT2D eigenvalue weighted by Gasteiger charge is -2.16. The van der Waals surface area contributed by atoms with Crippen LogP contribution in [0.4, 0.5) is 0 Å². The molecule has 1 saturated heterocycles. The van der Waals surface area contributed by atoms with Gasteiger partial charge in [0, 0.05) is 18.7 Å². The van der Waals surface area contributed by atoms with Crippen molar-refractivity contribution in [2.75, 3.05) is 13.1 Å². The summed E-state index contributed by atoms with van der Waals surface area (Å²) < 4.78 is 33.9. The van der Waals surface area contributed by atoms with Crippen molar-refractivity contribution in [3.63, 3.8) is 0 Å². The van der Waals surface area contributed by atoms with Crippen LogP contribution in [0.2, 0.25) is 0 Å². The van der Waals surface area contributed by atoms with Crippen molar-refractivity contribution in [3.8, 4) is 10.8 Å². The van der Waals surface area contributed by atoms with Gasteiger partial charge >= 0.3 is 0 Å². The first kappa shape index (κ1) is 20.9. The van der Waals surface area contributed by atoms with E-state index in [-0.39, 0.29) is 17.3 Å². The molecule has 2 aromatic heterocycles. The van der Waals surface area contributed by atoms with E-state index in [2.05, 4.69) is 10.3 Å². The predicted molar refractivity (Wildman–Crippen MR) is 123 cm³/mol. The number of nitrogens with zero attached hydrogens (tertiary/aromatic N) is 2. The van der Waals surface area contributed by atoms with Crippen LogP contribution in [0.15, 0.2) is 70.0 Å². The molecule has 0 saturated carbocycles. The number of nitrogens with one attached hydrogen (secondary N) is 1. The number of furan rings is 1. The Hall–Kier alpha value is -3.01. The highest BCUT2D eigenvalue weighted by Gasteiger charge is 2.27. The summed E-state index contributed by atoms with van der Waals surface area (Å²) in [7, 11) is -3.57. The zero-order chi connectivity index (χ0) is 22.1. The Balaban J connectivity index is 1.27. The second-order valence-corrected chi connectivity index (χ2v) is 10.5. The lowest BCUT2D eigenvalue weighted by molar-refractivity contribution is 0.0948. The summed E-state index contributed by atoms with van der Waals surface area (Å²) in [5.74, 6) is 0.879. The molecule has 1 N–H and O–H groups in total. The summed E-state index contributed by atoms with van der Waals surface area (Å²) in [5.41, 5.74) is 1.21. The van der Waals surface area contributed by atoms with Crippen LogP contribution < -0.4 is 5.32 Å². The smallest absolute Gasteiger partial charge is 0.251 e. The molecule has 5 rings (SSSR count). The van der Waals surface area contributed by atoms with Gasteiger partial charge in [-0.3, -0.25) is 4.79 Å². The monoisotopic (exact) mass is 467 g/mol. The van der Waals surface area contributed by atoms with Crippen LogP contribution in [-0.4, -0.2) is 36.7 Å². The molecule has 0 unspecified atom stereocenters. The van der Waals surface area contributed by atoms with Crippen molar-refractivity contribution in [1.82, 2.24) is 14.6 Å². The zero-order valence-electron chi connectivity index (χ0n) is 17.2. The fraction of sp³-hybridized carbons (Fsp3) is 0.217. The summed E-state index contributed by atoms with van der Waals surface area (Å²) in [6.07, 6.45) is 1.73. The Morgan fingerprint density at radius 1 is 1.06 bits per heavy atom. The summed E-state index contributed by atoms with van der Waals surface area (Å²) in [6, 6.07) is 17.7. The van der Waals surface area contributed by atoms with Gasteiger partial charge < -0.3 is 9.73 Å². The lowest BCUT2D eigenvalue weighted by Crippen LogP contribution is -2.28. The first-order valence-corrected chi connectivity index (χ1v) is 12.6. The van der Waals surface area contributed by atoms with E-state index in [4.69, 9.17) is 4.42 Å². The van der Waals surface area contributed by atoms with E-state index >= 15 is 0 Å². The number of fused-ring (bicyclic) bond motifs is 1. The quantitative estimate of drug-likeness (QED) is 0.457. The van der Waals surface area contributed by atoms with Gasteiger partial charge in [0.2, 0.25) is 10.0 Å². The van der Waals surface area contributed by atoms with E-state index in [0.29, 0.717) is 30.2 Å². The molecule has 0 radical (unpaired) electrons. The molecular formula is C23H21N3O4S2. The Bertz CT molecular complexity index is 1350. The summed E-state index contributed by atoms with van der Waals surface area (Å²) in [6.45, 7) is 1.23. The highest BCUT2D eigenvalue weighted by atomic mass is 32.2. The Kier molecular flexibility index (Phi) is 5.54. The van der Waals surface area contributed by atoms with E-state index in [1.165, 1.54) is 16.4 Å². The van der Waals surface area contributed by atoms with Crippen LogP contribution in [0.3, 0.4) is 0 Å². The van der Waals surface area contributed by atoms with Gasteiger partial charge in [0.05, 0.1) is 21.7 Å². The molecule has 1 amide bonds. The van der Waals surface area contributed by atoms with Crippen LogP contribution in [-0.2, 0) is 16.6 Å². The van der Waals surface area contributed by atoms with Gasteiger partial charge in [-0.1, -0.05) is 18.2 Å². The summed E-state index contributed by atoms with van der Waals surface area (Å²) in [4.78, 5) is 17.4. The van der Waals surface area contributed by atoms with Crippen LogP contribution >= 0.6 is 11.3 Å². The van der Waals surface area contributed by atoms with Crippen LogP contribution in [0.1, 0.15) is 29.0 Å². The van der Waals surface area contributed by atoms with Crippen LogP contribution in [0.25, 0.3) is 21.0 Å². The maximum Gasteiger partial charge on any atom is 0.251 e. The first-order chi connectivity index (χ1) is 15.5. The van der Waals surface area contributed by atoms with E-state index in [1.807, 2.05) is 30.3 Å². The molecule has 4 aromatic rings. The molecule has 1 fully saturated rings. The number of hydrogen-bond donors (Lipinski definition) is 1. The number of carbonyl (C=O) groups excluding carboxylic acids is 1. The number of carbonyl (C=O) groups is 1. The topological polar surface area (TPSA) is 92.5 Å². The number of amides is 1. The molecule has 1 aliphatic rings. The van der Waals surface area contributed by atoms with Gasteiger partial charge in [0.25, 0.3) is 5.91 Å². The fourth-order valence-corrected chi connectivity index (χ4v) is 6.20. The van der Waals surface area contributed by atoms with Gasteiger partial charge in [0.1, 0.15) is 5.76 Å². The van der Waals surface area contributed by atoms with Crippen LogP contribution in [0, 0.1) is 0 Å². The molecule has 0 aliphatic carbocycles. The molecular weight excluding hydrogens is 446 g/mol. The first-order valence-electron chi connectivity index (χ1n) is 10.3. The van der Waals surface area contributed by atoms with E-state index in [9.17, 15) is 13.2 Å². The van der Waals surface area contributed by atoms with Crippen molar-refractivity contribution >= 4 is 37.5 Å². The van der Waals surface area contributed by atoms with Gasteiger partial charge in [-0.05, 0) is 55.3 Å². The molecule has 0 spiro atoms. The Morgan fingerprint density at radius 3 is 2.69 bits per heavy atom. The maximum absolute atomic E-state index is 12.8. The molecule has 0 atom stereocenters. The Labute approximate surface area is 189 Å². The predicted octanol–water partition coefficient (Wildman–Crippen LogP) is 4.27. The SMILES string of the molecule is O=C(NCc1ccc(-c2nc3ccccc3s2)o1)c1cccc(S(=O)(=O)N2CCCC2)c1. The standard InChI is InChI=1S/C23H21N3O4S2/c27-22(16-6-5-7-18(14-16)32(28,29)26-12-3-4-13-26)24-15-17-10-11-20(30-17)23-25-19-8-1-2-9-21(19)31-23/h1-2,5-11,14H,3-4,12-13,15H2,(H,24,27). The van der Waals surface area contributed by atoms with Crippen molar-refractivity contribution in [2.24, 2.45) is 0 Å². The molecule has 3 heterocycles. The molecule has 9 heteroatoms. The Morgan fingerprint density at radius 2 is 1.88 bits per heavy atom. The molecule has 7 nitrogen and oxygen atoms in total. The number of hydrogen-bond acceptors (Lipinski definition) is 6. The molecule has 1 aliphatic heterocycles.